The van der Waals surface area contributed by atoms with Gasteiger partial charge in [-0.1, -0.05) is 6.07 Å². The summed E-state index contributed by atoms with van der Waals surface area (Å²) in [6.07, 6.45) is 0. The maximum Gasteiger partial charge on any atom is 0.270 e. The van der Waals surface area contributed by atoms with Crippen LogP contribution in [0.4, 0.5) is 11.4 Å². The normalized spacial score (nSPS) is 11.3. The molecule has 0 aromatic heterocycles. The van der Waals surface area contributed by atoms with Crippen LogP contribution in [0.3, 0.4) is 0 Å². The largest absolute Gasteiger partial charge is 0.493 e. The van der Waals surface area contributed by atoms with Gasteiger partial charge < -0.3 is 20.1 Å². The summed E-state index contributed by atoms with van der Waals surface area (Å²) >= 11 is 0. The first-order valence-corrected chi connectivity index (χ1v) is 10.2. The summed E-state index contributed by atoms with van der Waals surface area (Å²) in [5.41, 5.74) is 0.397. The molecule has 13 heteroatoms. The zero-order valence-electron chi connectivity index (χ0n) is 17.1. The minimum absolute atomic E-state index is 0. The first-order chi connectivity index (χ1) is 14.3. The van der Waals surface area contributed by atoms with Crippen molar-refractivity contribution in [1.82, 2.24) is 10.0 Å². The molecule has 2 rings (SSSR count). The van der Waals surface area contributed by atoms with Gasteiger partial charge in [-0.2, -0.15) is 0 Å². The second-order valence-corrected chi connectivity index (χ2v) is 7.61. The Morgan fingerprint density at radius 3 is 2.42 bits per heavy atom. The smallest absolute Gasteiger partial charge is 0.270 e. The summed E-state index contributed by atoms with van der Waals surface area (Å²) in [6.45, 7) is 0.263. The first-order valence-electron chi connectivity index (χ1n) is 8.74. The number of nitrogens with one attached hydrogen (secondary N) is 3. The Kier molecular flexibility index (Phi) is 10.4. The number of nitrogens with zero attached hydrogens (tertiary/aromatic N) is 2. The molecule has 0 saturated heterocycles. The Hall–Kier alpha value is -2.65. The fourth-order valence-electron chi connectivity index (χ4n) is 2.44. The molecule has 0 amide bonds. The number of hydrogen-bond donors (Lipinski definition) is 3. The van der Waals surface area contributed by atoms with Crippen molar-refractivity contribution < 1.29 is 22.8 Å². The van der Waals surface area contributed by atoms with E-state index in [0.717, 1.165) is 6.07 Å². The molecule has 0 aliphatic rings. The number of rotatable bonds is 9. The molecular formula is C18H24IN5O6S. The third-order valence-electron chi connectivity index (χ3n) is 3.92. The highest BCUT2D eigenvalue weighted by Gasteiger charge is 2.17. The number of non-ortho nitro benzene ring substituents is 1. The molecule has 31 heavy (non-hydrogen) atoms. The van der Waals surface area contributed by atoms with Crippen LogP contribution in [0.25, 0.3) is 0 Å². The minimum atomic E-state index is -3.88. The van der Waals surface area contributed by atoms with Crippen LogP contribution in [-0.4, -0.2) is 53.7 Å². The highest BCUT2D eigenvalue weighted by Crippen LogP contribution is 2.29. The van der Waals surface area contributed by atoms with Crippen LogP contribution in [0.2, 0.25) is 0 Å². The number of aliphatic imine (C=N–C) groups is 1. The van der Waals surface area contributed by atoms with Crippen molar-refractivity contribution >= 4 is 51.3 Å². The van der Waals surface area contributed by atoms with E-state index in [1.165, 1.54) is 25.3 Å². The number of benzene rings is 2. The van der Waals surface area contributed by atoms with E-state index in [-0.39, 0.29) is 47.6 Å². The van der Waals surface area contributed by atoms with Crippen molar-refractivity contribution in [2.24, 2.45) is 4.99 Å². The summed E-state index contributed by atoms with van der Waals surface area (Å²) in [6, 6.07) is 10.1. The van der Waals surface area contributed by atoms with Gasteiger partial charge in [-0.3, -0.25) is 15.1 Å². The molecule has 2 aromatic rings. The van der Waals surface area contributed by atoms with Gasteiger partial charge in [0, 0.05) is 44.0 Å². The summed E-state index contributed by atoms with van der Waals surface area (Å²) in [5.74, 6) is 1.54. The molecule has 2 aromatic carbocycles. The highest BCUT2D eigenvalue weighted by atomic mass is 127. The van der Waals surface area contributed by atoms with E-state index in [1.807, 2.05) is 0 Å². The number of hydrogen-bond acceptors (Lipinski definition) is 7. The molecule has 0 saturated carbocycles. The Morgan fingerprint density at radius 1 is 1.10 bits per heavy atom. The third-order valence-corrected chi connectivity index (χ3v) is 5.38. The van der Waals surface area contributed by atoms with Crippen LogP contribution in [-0.2, 0) is 10.0 Å². The maximum atomic E-state index is 12.3. The second kappa shape index (κ2) is 12.3. The Balaban J connectivity index is 0.00000480. The standard InChI is InChI=1S/C18H23N5O6S.HI/c1-19-18(22-13-7-8-16(28-2)17(11-13)29-3)20-9-10-21-30(26,27)15-6-4-5-14(12-15)23(24)25;/h4-8,11-12,21H,9-10H2,1-3H3,(H2,19,20,22);1H. The average Bonchev–Trinajstić information content (AvgIpc) is 2.75. The number of methoxy groups -OCH3 is 2. The molecule has 3 N–H and O–H groups in total. The molecule has 0 atom stereocenters. The lowest BCUT2D eigenvalue weighted by atomic mass is 10.3. The summed E-state index contributed by atoms with van der Waals surface area (Å²) < 4.78 is 37.4. The Bertz CT molecular complexity index is 1030. The van der Waals surface area contributed by atoms with Crippen LogP contribution >= 0.6 is 24.0 Å². The quantitative estimate of drug-likeness (QED) is 0.105. The molecule has 11 nitrogen and oxygen atoms in total. The van der Waals surface area contributed by atoms with Gasteiger partial charge in [0.25, 0.3) is 5.69 Å². The number of ether oxygens (including phenoxy) is 2. The van der Waals surface area contributed by atoms with Crippen LogP contribution in [0.5, 0.6) is 11.5 Å². The third kappa shape index (κ3) is 7.52. The molecular weight excluding hydrogens is 541 g/mol. The van der Waals surface area contributed by atoms with Crippen molar-refractivity contribution in [3.05, 3.63) is 52.6 Å². The van der Waals surface area contributed by atoms with Gasteiger partial charge >= 0.3 is 0 Å². The second-order valence-electron chi connectivity index (χ2n) is 5.85. The SMILES string of the molecule is CN=C(NCCNS(=O)(=O)c1cccc([N+](=O)[O-])c1)Nc1ccc(OC)c(OC)c1.I. The maximum absolute atomic E-state index is 12.3. The zero-order chi connectivity index (χ0) is 22.1. The monoisotopic (exact) mass is 565 g/mol. The number of halogens is 1. The first kappa shape index (κ1) is 26.4. The number of nitro benzene ring substituents is 1. The lowest BCUT2D eigenvalue weighted by molar-refractivity contribution is -0.385. The van der Waals surface area contributed by atoms with Gasteiger partial charge in [-0.15, -0.1) is 24.0 Å². The fourth-order valence-corrected chi connectivity index (χ4v) is 3.51. The minimum Gasteiger partial charge on any atom is -0.493 e. The van der Waals surface area contributed by atoms with Gasteiger partial charge in [0.05, 0.1) is 24.0 Å². The average molecular weight is 565 g/mol. The van der Waals surface area contributed by atoms with E-state index in [1.54, 1.807) is 32.4 Å². The molecule has 0 aliphatic heterocycles. The van der Waals surface area contributed by atoms with Crippen molar-refractivity contribution in [3.63, 3.8) is 0 Å². The molecule has 0 heterocycles. The lowest BCUT2D eigenvalue weighted by Crippen LogP contribution is -2.37. The van der Waals surface area contributed by atoms with Gasteiger partial charge in [0.1, 0.15) is 0 Å². The number of anilines is 1. The van der Waals surface area contributed by atoms with Gasteiger partial charge in [0.15, 0.2) is 17.5 Å². The number of guanidine groups is 1. The van der Waals surface area contributed by atoms with E-state index < -0.39 is 14.9 Å². The predicted molar refractivity (Wildman–Crippen MR) is 128 cm³/mol. The molecule has 0 bridgehead atoms. The zero-order valence-corrected chi connectivity index (χ0v) is 20.3. The van der Waals surface area contributed by atoms with E-state index in [4.69, 9.17) is 9.47 Å². The van der Waals surface area contributed by atoms with Crippen molar-refractivity contribution in [2.45, 2.75) is 4.90 Å². The molecule has 170 valence electrons. The summed E-state index contributed by atoms with van der Waals surface area (Å²) in [4.78, 5) is 14.1. The summed E-state index contributed by atoms with van der Waals surface area (Å²) in [5, 5.41) is 16.8. The molecule has 0 unspecified atom stereocenters. The van der Waals surface area contributed by atoms with Gasteiger partial charge in [0.2, 0.25) is 10.0 Å². The molecule has 0 aliphatic carbocycles. The highest BCUT2D eigenvalue weighted by molar-refractivity contribution is 14.0. The number of nitro groups is 1. The molecule has 0 spiro atoms. The van der Waals surface area contributed by atoms with E-state index >= 15 is 0 Å². The van der Waals surface area contributed by atoms with E-state index in [9.17, 15) is 18.5 Å². The topological polar surface area (TPSA) is 144 Å². The Morgan fingerprint density at radius 2 is 1.81 bits per heavy atom. The van der Waals surface area contributed by atoms with Crippen molar-refractivity contribution in [1.29, 1.82) is 0 Å². The van der Waals surface area contributed by atoms with Crippen LogP contribution in [0.15, 0.2) is 52.4 Å². The van der Waals surface area contributed by atoms with Crippen molar-refractivity contribution in [2.75, 3.05) is 39.7 Å². The summed E-state index contributed by atoms with van der Waals surface area (Å²) in [7, 11) is 0.763. The van der Waals surface area contributed by atoms with Crippen LogP contribution in [0, 0.1) is 10.1 Å². The van der Waals surface area contributed by atoms with E-state index in [0.29, 0.717) is 23.1 Å². The number of sulfonamides is 1. The Labute approximate surface area is 197 Å². The predicted octanol–water partition coefficient (Wildman–Crippen LogP) is 2.20. The van der Waals surface area contributed by atoms with Gasteiger partial charge in [-0.05, 0) is 18.2 Å². The molecule has 0 radical (unpaired) electrons. The fraction of sp³-hybridized carbons (Fsp3) is 0.278. The van der Waals surface area contributed by atoms with E-state index in [2.05, 4.69) is 20.3 Å². The lowest BCUT2D eigenvalue weighted by Gasteiger charge is -2.14. The van der Waals surface area contributed by atoms with Crippen LogP contribution < -0.4 is 24.8 Å². The van der Waals surface area contributed by atoms with Crippen LogP contribution in [0.1, 0.15) is 0 Å². The van der Waals surface area contributed by atoms with Gasteiger partial charge in [-0.25, -0.2) is 13.1 Å². The van der Waals surface area contributed by atoms with Crippen molar-refractivity contribution in [3.8, 4) is 11.5 Å². The molecule has 0 fully saturated rings.